The van der Waals surface area contributed by atoms with Crippen LogP contribution in [0.1, 0.15) is 31.4 Å². The van der Waals surface area contributed by atoms with Gasteiger partial charge in [-0.05, 0) is 37.9 Å². The topological polar surface area (TPSA) is 53.4 Å². The fraction of sp³-hybridized carbons (Fsp3) is 0.500. The molecule has 2 atom stereocenters. The van der Waals surface area contributed by atoms with Crippen molar-refractivity contribution in [1.29, 1.82) is 0 Å². The Kier molecular flexibility index (Phi) is 3.19. The molecule has 1 aromatic heterocycles. The predicted molar refractivity (Wildman–Crippen MR) is 60.0 cm³/mol. The molecule has 0 unspecified atom stereocenters. The SMILES string of the molecule is C[C@@H](C(=O)O)N1CCC[C@@H]1c1cccnc1. The smallest absolute Gasteiger partial charge is 0.320 e. The number of pyridine rings is 1. The Hall–Kier alpha value is -1.42. The lowest BCUT2D eigenvalue weighted by molar-refractivity contribution is -0.143. The largest absolute Gasteiger partial charge is 0.480 e. The number of carbonyl (C=O) groups is 1. The molecule has 1 N–H and O–H groups in total. The van der Waals surface area contributed by atoms with Crippen LogP contribution in [-0.2, 0) is 4.79 Å². The van der Waals surface area contributed by atoms with E-state index in [0.29, 0.717) is 0 Å². The lowest BCUT2D eigenvalue weighted by Gasteiger charge is -2.27. The number of nitrogens with zero attached hydrogens (tertiary/aromatic N) is 2. The second-order valence-corrected chi connectivity index (χ2v) is 4.20. The van der Waals surface area contributed by atoms with E-state index in [1.54, 1.807) is 13.1 Å². The molecule has 0 aromatic carbocycles. The zero-order valence-corrected chi connectivity index (χ0v) is 9.34. The van der Waals surface area contributed by atoms with E-state index in [2.05, 4.69) is 4.98 Å². The predicted octanol–water partition coefficient (Wildman–Crippen LogP) is 1.69. The van der Waals surface area contributed by atoms with Crippen LogP contribution in [0.2, 0.25) is 0 Å². The van der Waals surface area contributed by atoms with E-state index in [-0.39, 0.29) is 6.04 Å². The first-order valence-corrected chi connectivity index (χ1v) is 5.58. The third-order valence-electron chi connectivity index (χ3n) is 3.22. The molecule has 2 heterocycles. The third-order valence-corrected chi connectivity index (χ3v) is 3.22. The zero-order chi connectivity index (χ0) is 11.5. The number of hydrogen-bond donors (Lipinski definition) is 1. The van der Waals surface area contributed by atoms with Crippen LogP contribution < -0.4 is 0 Å². The summed E-state index contributed by atoms with van der Waals surface area (Å²) in [6, 6.07) is 3.70. The second-order valence-electron chi connectivity index (χ2n) is 4.20. The van der Waals surface area contributed by atoms with Crippen molar-refractivity contribution in [3.63, 3.8) is 0 Å². The molecule has 4 nitrogen and oxygen atoms in total. The number of carboxylic acid groups (broad SMARTS) is 1. The molecule has 1 aliphatic heterocycles. The molecule has 0 saturated carbocycles. The molecule has 4 heteroatoms. The van der Waals surface area contributed by atoms with Gasteiger partial charge in [0, 0.05) is 18.4 Å². The van der Waals surface area contributed by atoms with Crippen molar-refractivity contribution in [1.82, 2.24) is 9.88 Å². The van der Waals surface area contributed by atoms with Gasteiger partial charge >= 0.3 is 5.97 Å². The Labute approximate surface area is 94.9 Å². The van der Waals surface area contributed by atoms with Gasteiger partial charge in [-0.3, -0.25) is 14.7 Å². The van der Waals surface area contributed by atoms with Crippen LogP contribution in [0.3, 0.4) is 0 Å². The van der Waals surface area contributed by atoms with Crippen LogP contribution in [0.25, 0.3) is 0 Å². The van der Waals surface area contributed by atoms with Crippen LogP contribution in [-0.4, -0.2) is 33.5 Å². The van der Waals surface area contributed by atoms with Crippen molar-refractivity contribution in [2.75, 3.05) is 6.54 Å². The van der Waals surface area contributed by atoms with Crippen molar-refractivity contribution >= 4 is 5.97 Å². The average Bonchev–Trinajstić information content (AvgIpc) is 2.77. The first-order valence-electron chi connectivity index (χ1n) is 5.58. The fourth-order valence-corrected chi connectivity index (χ4v) is 2.33. The highest BCUT2D eigenvalue weighted by Gasteiger charge is 2.32. The van der Waals surface area contributed by atoms with Gasteiger partial charge in [0.25, 0.3) is 0 Å². The highest BCUT2D eigenvalue weighted by atomic mass is 16.4. The normalized spacial score (nSPS) is 23.2. The summed E-state index contributed by atoms with van der Waals surface area (Å²) in [6.45, 7) is 2.60. The summed E-state index contributed by atoms with van der Waals surface area (Å²) in [5, 5.41) is 9.05. The lowest BCUT2D eigenvalue weighted by atomic mass is 10.1. The van der Waals surface area contributed by atoms with Crippen LogP contribution >= 0.6 is 0 Å². The maximum absolute atomic E-state index is 11.0. The molecular formula is C12H16N2O2. The first-order chi connectivity index (χ1) is 7.70. The van der Waals surface area contributed by atoms with E-state index in [1.807, 2.05) is 23.2 Å². The highest BCUT2D eigenvalue weighted by molar-refractivity contribution is 5.73. The Balaban J connectivity index is 2.18. The van der Waals surface area contributed by atoms with E-state index in [1.165, 1.54) is 0 Å². The Morgan fingerprint density at radius 1 is 1.69 bits per heavy atom. The molecule has 1 saturated heterocycles. The number of carboxylic acids is 1. The summed E-state index contributed by atoms with van der Waals surface area (Å²) < 4.78 is 0. The molecule has 0 spiro atoms. The second kappa shape index (κ2) is 4.61. The van der Waals surface area contributed by atoms with Crippen molar-refractivity contribution in [3.8, 4) is 0 Å². The van der Waals surface area contributed by atoms with Crippen LogP contribution in [0, 0.1) is 0 Å². The maximum atomic E-state index is 11.0. The molecule has 1 fully saturated rings. The molecule has 2 rings (SSSR count). The number of aliphatic carboxylic acids is 1. The summed E-state index contributed by atoms with van der Waals surface area (Å²) in [6.07, 6.45) is 5.64. The lowest BCUT2D eigenvalue weighted by Crippen LogP contribution is -2.38. The average molecular weight is 220 g/mol. The van der Waals surface area contributed by atoms with Crippen LogP contribution in [0.5, 0.6) is 0 Å². The minimum Gasteiger partial charge on any atom is -0.480 e. The van der Waals surface area contributed by atoms with Crippen molar-refractivity contribution in [2.45, 2.75) is 31.8 Å². The first kappa shape index (κ1) is 11.1. The molecule has 0 bridgehead atoms. The molecule has 0 radical (unpaired) electrons. The zero-order valence-electron chi connectivity index (χ0n) is 9.34. The molecule has 16 heavy (non-hydrogen) atoms. The highest BCUT2D eigenvalue weighted by Crippen LogP contribution is 2.32. The molecular weight excluding hydrogens is 204 g/mol. The monoisotopic (exact) mass is 220 g/mol. The molecule has 1 aromatic rings. The quantitative estimate of drug-likeness (QED) is 0.842. The Bertz CT molecular complexity index is 367. The number of rotatable bonds is 3. The van der Waals surface area contributed by atoms with Crippen LogP contribution in [0.4, 0.5) is 0 Å². The number of likely N-dealkylation sites (tertiary alicyclic amines) is 1. The van der Waals surface area contributed by atoms with Gasteiger partial charge in [-0.1, -0.05) is 6.07 Å². The summed E-state index contributed by atoms with van der Waals surface area (Å²) in [5.41, 5.74) is 1.12. The van der Waals surface area contributed by atoms with Gasteiger partial charge in [0.05, 0.1) is 0 Å². The summed E-state index contributed by atoms with van der Waals surface area (Å²) in [7, 11) is 0. The summed E-state index contributed by atoms with van der Waals surface area (Å²) >= 11 is 0. The maximum Gasteiger partial charge on any atom is 0.320 e. The minimum absolute atomic E-state index is 0.208. The van der Waals surface area contributed by atoms with Gasteiger partial charge < -0.3 is 5.11 Å². The van der Waals surface area contributed by atoms with E-state index >= 15 is 0 Å². The van der Waals surface area contributed by atoms with E-state index in [9.17, 15) is 4.79 Å². The van der Waals surface area contributed by atoms with Gasteiger partial charge in [-0.2, -0.15) is 0 Å². The van der Waals surface area contributed by atoms with E-state index < -0.39 is 12.0 Å². The molecule has 86 valence electrons. The van der Waals surface area contributed by atoms with Crippen LogP contribution in [0.15, 0.2) is 24.5 Å². The van der Waals surface area contributed by atoms with Crippen molar-refractivity contribution in [3.05, 3.63) is 30.1 Å². The standard InChI is InChI=1S/C12H16N2O2/c1-9(12(15)16)14-7-3-5-11(14)10-4-2-6-13-8-10/h2,4,6,8-9,11H,3,5,7H2,1H3,(H,15,16)/t9-,11+/m0/s1. The van der Waals surface area contributed by atoms with Crippen molar-refractivity contribution < 1.29 is 9.90 Å². The van der Waals surface area contributed by atoms with Gasteiger partial charge in [-0.15, -0.1) is 0 Å². The third kappa shape index (κ3) is 2.07. The van der Waals surface area contributed by atoms with Gasteiger partial charge in [0.15, 0.2) is 0 Å². The Morgan fingerprint density at radius 2 is 2.50 bits per heavy atom. The Morgan fingerprint density at radius 3 is 3.12 bits per heavy atom. The fourth-order valence-electron chi connectivity index (χ4n) is 2.33. The van der Waals surface area contributed by atoms with Gasteiger partial charge in [-0.25, -0.2) is 0 Å². The molecule has 1 aliphatic rings. The number of hydrogen-bond acceptors (Lipinski definition) is 3. The summed E-state index contributed by atoms with van der Waals surface area (Å²) in [4.78, 5) is 17.1. The van der Waals surface area contributed by atoms with E-state index in [0.717, 1.165) is 24.9 Å². The van der Waals surface area contributed by atoms with E-state index in [4.69, 9.17) is 5.11 Å². The van der Waals surface area contributed by atoms with Gasteiger partial charge in [0.2, 0.25) is 0 Å². The van der Waals surface area contributed by atoms with Crippen molar-refractivity contribution in [2.24, 2.45) is 0 Å². The van der Waals surface area contributed by atoms with Gasteiger partial charge in [0.1, 0.15) is 6.04 Å². The number of aromatic nitrogens is 1. The minimum atomic E-state index is -0.754. The summed E-state index contributed by atoms with van der Waals surface area (Å²) in [5.74, 6) is -0.754. The molecule has 0 amide bonds. The molecule has 0 aliphatic carbocycles.